The van der Waals surface area contributed by atoms with Gasteiger partial charge in [0.05, 0.1) is 5.69 Å². The predicted octanol–water partition coefficient (Wildman–Crippen LogP) is 3.39. The zero-order chi connectivity index (χ0) is 11.4. The van der Waals surface area contributed by atoms with E-state index in [0.717, 1.165) is 5.69 Å². The number of phenols is 1. The zero-order valence-corrected chi connectivity index (χ0v) is 8.54. The minimum absolute atomic E-state index is 0.0275. The Morgan fingerprint density at radius 2 is 1.69 bits per heavy atom. The highest BCUT2D eigenvalue weighted by molar-refractivity contribution is 5.58. The number of benzene rings is 2. The molecule has 0 amide bonds. The molecular weight excluding hydrogens is 202 g/mol. The molecule has 2 aromatic rings. The van der Waals surface area contributed by atoms with E-state index in [-0.39, 0.29) is 5.75 Å². The van der Waals surface area contributed by atoms with E-state index in [1.165, 1.54) is 6.07 Å². The van der Waals surface area contributed by atoms with Crippen LogP contribution in [0.5, 0.6) is 5.75 Å². The first-order valence-electron chi connectivity index (χ1n) is 4.81. The molecule has 2 aromatic carbocycles. The van der Waals surface area contributed by atoms with Crippen molar-refractivity contribution in [3.63, 3.8) is 0 Å². The lowest BCUT2D eigenvalue weighted by Crippen LogP contribution is -1.81. The number of hydrogen-bond donors (Lipinski definition) is 2. The van der Waals surface area contributed by atoms with E-state index in [0.29, 0.717) is 11.4 Å². The Labute approximate surface area is 93.1 Å². The van der Waals surface area contributed by atoms with Crippen molar-refractivity contribution in [1.82, 2.24) is 0 Å². The fourth-order valence-electron chi connectivity index (χ4n) is 1.23. The van der Waals surface area contributed by atoms with Crippen LogP contribution >= 0.6 is 0 Å². The third kappa shape index (κ3) is 2.36. The molecule has 2 rings (SSSR count). The Morgan fingerprint density at radius 3 is 2.38 bits per heavy atom. The van der Waals surface area contributed by atoms with Gasteiger partial charge in [0.25, 0.3) is 0 Å². The molecule has 0 aromatic heterocycles. The van der Waals surface area contributed by atoms with Crippen LogP contribution in [0.15, 0.2) is 58.8 Å². The van der Waals surface area contributed by atoms with Crippen LogP contribution in [0.3, 0.4) is 0 Å². The molecule has 16 heavy (non-hydrogen) atoms. The normalized spacial score (nSPS) is 10.8. The summed E-state index contributed by atoms with van der Waals surface area (Å²) in [5.41, 5.74) is 7.13. The highest BCUT2D eigenvalue weighted by Gasteiger charge is 1.99. The molecule has 0 spiro atoms. The predicted molar refractivity (Wildman–Crippen MR) is 63.1 cm³/mol. The maximum Gasteiger partial charge on any atom is 0.145 e. The van der Waals surface area contributed by atoms with Gasteiger partial charge in [-0.2, -0.15) is 5.11 Å². The van der Waals surface area contributed by atoms with Crippen molar-refractivity contribution in [2.24, 2.45) is 10.2 Å². The van der Waals surface area contributed by atoms with E-state index in [4.69, 9.17) is 5.73 Å². The molecule has 4 heteroatoms. The van der Waals surface area contributed by atoms with Crippen LogP contribution in [-0.4, -0.2) is 5.11 Å². The van der Waals surface area contributed by atoms with Gasteiger partial charge < -0.3 is 10.8 Å². The minimum atomic E-state index is 0.0275. The standard InChI is InChI=1S/C12H11N3O/c13-9-6-7-11(12(16)8-9)15-14-10-4-2-1-3-5-10/h1-8,16H,13H2/b15-14+. The Hall–Kier alpha value is -2.36. The molecule has 0 aliphatic rings. The molecule has 0 saturated carbocycles. The lowest BCUT2D eigenvalue weighted by Gasteiger charge is -1.98. The van der Waals surface area contributed by atoms with Gasteiger partial charge in [0.15, 0.2) is 0 Å². The highest BCUT2D eigenvalue weighted by Crippen LogP contribution is 2.29. The Bertz CT molecular complexity index is 509. The van der Waals surface area contributed by atoms with Gasteiger partial charge in [-0.25, -0.2) is 0 Å². The van der Waals surface area contributed by atoms with Crippen LogP contribution in [0.25, 0.3) is 0 Å². The second-order valence-corrected chi connectivity index (χ2v) is 3.28. The van der Waals surface area contributed by atoms with Crippen LogP contribution < -0.4 is 5.73 Å². The number of nitrogens with two attached hydrogens (primary N) is 1. The summed E-state index contributed by atoms with van der Waals surface area (Å²) in [4.78, 5) is 0. The molecule has 4 nitrogen and oxygen atoms in total. The van der Waals surface area contributed by atoms with Gasteiger partial charge in [-0.05, 0) is 24.3 Å². The summed E-state index contributed by atoms with van der Waals surface area (Å²) in [6.45, 7) is 0. The number of hydrogen-bond acceptors (Lipinski definition) is 4. The summed E-state index contributed by atoms with van der Waals surface area (Å²) in [6, 6.07) is 14.0. The van der Waals surface area contributed by atoms with Gasteiger partial charge >= 0.3 is 0 Å². The van der Waals surface area contributed by atoms with Crippen molar-refractivity contribution >= 4 is 17.1 Å². The summed E-state index contributed by atoms with van der Waals surface area (Å²) >= 11 is 0. The Morgan fingerprint density at radius 1 is 0.938 bits per heavy atom. The third-order valence-corrected chi connectivity index (χ3v) is 2.03. The molecule has 0 atom stereocenters. The lowest BCUT2D eigenvalue weighted by atomic mass is 10.3. The van der Waals surface area contributed by atoms with Gasteiger partial charge in [0, 0.05) is 11.8 Å². The van der Waals surface area contributed by atoms with Crippen LogP contribution in [-0.2, 0) is 0 Å². The van der Waals surface area contributed by atoms with E-state index in [1.807, 2.05) is 30.3 Å². The first-order chi connectivity index (χ1) is 7.75. The Kier molecular flexibility index (Phi) is 2.82. The molecule has 80 valence electrons. The van der Waals surface area contributed by atoms with Crippen LogP contribution in [0.1, 0.15) is 0 Å². The van der Waals surface area contributed by atoms with Gasteiger partial charge in [0.1, 0.15) is 11.4 Å². The van der Waals surface area contributed by atoms with Crippen molar-refractivity contribution < 1.29 is 5.11 Å². The SMILES string of the molecule is Nc1ccc(/N=N/c2ccccc2)c(O)c1. The van der Waals surface area contributed by atoms with Gasteiger partial charge in [-0.15, -0.1) is 5.11 Å². The molecule has 0 bridgehead atoms. The largest absolute Gasteiger partial charge is 0.506 e. The van der Waals surface area contributed by atoms with E-state index >= 15 is 0 Å². The molecular formula is C12H11N3O. The molecule has 3 N–H and O–H groups in total. The second-order valence-electron chi connectivity index (χ2n) is 3.28. The van der Waals surface area contributed by atoms with Crippen LogP contribution in [0, 0.1) is 0 Å². The summed E-state index contributed by atoms with van der Waals surface area (Å²) < 4.78 is 0. The van der Waals surface area contributed by atoms with E-state index in [2.05, 4.69) is 10.2 Å². The average molecular weight is 213 g/mol. The molecule has 0 heterocycles. The maximum absolute atomic E-state index is 9.54. The fourth-order valence-corrected chi connectivity index (χ4v) is 1.23. The number of nitrogen functional groups attached to an aromatic ring is 1. The summed E-state index contributed by atoms with van der Waals surface area (Å²) in [6.07, 6.45) is 0. The van der Waals surface area contributed by atoms with Gasteiger partial charge in [-0.3, -0.25) is 0 Å². The van der Waals surface area contributed by atoms with E-state index in [1.54, 1.807) is 12.1 Å². The van der Waals surface area contributed by atoms with Crippen molar-refractivity contribution in [3.8, 4) is 5.75 Å². The average Bonchev–Trinajstić information content (AvgIpc) is 2.29. The minimum Gasteiger partial charge on any atom is -0.506 e. The van der Waals surface area contributed by atoms with Gasteiger partial charge in [0.2, 0.25) is 0 Å². The maximum atomic E-state index is 9.54. The molecule has 0 fully saturated rings. The first-order valence-corrected chi connectivity index (χ1v) is 4.81. The molecule has 0 unspecified atom stereocenters. The van der Waals surface area contributed by atoms with Crippen LogP contribution in [0.2, 0.25) is 0 Å². The van der Waals surface area contributed by atoms with Crippen molar-refractivity contribution in [2.45, 2.75) is 0 Å². The number of nitrogens with zero attached hydrogens (tertiary/aromatic N) is 2. The van der Waals surface area contributed by atoms with Crippen molar-refractivity contribution in [3.05, 3.63) is 48.5 Å². The van der Waals surface area contributed by atoms with Gasteiger partial charge in [-0.1, -0.05) is 18.2 Å². The molecule has 0 aliphatic carbocycles. The zero-order valence-electron chi connectivity index (χ0n) is 8.54. The number of aromatic hydroxyl groups is 1. The topological polar surface area (TPSA) is 71.0 Å². The molecule has 0 aliphatic heterocycles. The number of anilines is 1. The second kappa shape index (κ2) is 4.44. The molecule has 0 saturated heterocycles. The smallest absolute Gasteiger partial charge is 0.145 e. The monoisotopic (exact) mass is 213 g/mol. The summed E-state index contributed by atoms with van der Waals surface area (Å²) in [5, 5.41) is 17.5. The highest BCUT2D eigenvalue weighted by atomic mass is 16.3. The van der Waals surface area contributed by atoms with E-state index < -0.39 is 0 Å². The van der Waals surface area contributed by atoms with Crippen molar-refractivity contribution in [2.75, 3.05) is 5.73 Å². The van der Waals surface area contributed by atoms with E-state index in [9.17, 15) is 5.11 Å². The number of rotatable bonds is 2. The summed E-state index contributed by atoms with van der Waals surface area (Å²) in [7, 11) is 0. The Balaban J connectivity index is 2.24. The molecule has 0 radical (unpaired) electrons. The fraction of sp³-hybridized carbons (Fsp3) is 0. The quantitative estimate of drug-likeness (QED) is 0.592. The lowest BCUT2D eigenvalue weighted by molar-refractivity contribution is 0.476. The van der Waals surface area contributed by atoms with Crippen molar-refractivity contribution in [1.29, 1.82) is 0 Å². The third-order valence-electron chi connectivity index (χ3n) is 2.03. The van der Waals surface area contributed by atoms with Crippen LogP contribution in [0.4, 0.5) is 17.1 Å². The number of azo groups is 1. The summed E-state index contributed by atoms with van der Waals surface area (Å²) in [5.74, 6) is 0.0275. The number of phenolic OH excluding ortho intramolecular Hbond substituents is 1. The first kappa shape index (κ1) is 10.2.